The first-order valence-electron chi connectivity index (χ1n) is 11.5. The highest BCUT2D eigenvalue weighted by atomic mass is 16.5. The lowest BCUT2D eigenvalue weighted by molar-refractivity contribution is -0.111. The molecule has 0 unspecified atom stereocenters. The van der Waals surface area contributed by atoms with Crippen molar-refractivity contribution in [3.05, 3.63) is 65.2 Å². The fraction of sp³-hybridized carbons (Fsp3) is 0.207. The Morgan fingerprint density at radius 3 is 1.84 bits per heavy atom. The molecule has 3 rings (SSSR count). The molecular formula is C29H31NO8. The van der Waals surface area contributed by atoms with E-state index in [2.05, 4.69) is 5.32 Å². The van der Waals surface area contributed by atoms with Crippen LogP contribution >= 0.6 is 0 Å². The molecular weight excluding hydrogens is 490 g/mol. The first-order chi connectivity index (χ1) is 18.4. The highest BCUT2D eigenvalue weighted by Gasteiger charge is 2.16. The van der Waals surface area contributed by atoms with Crippen molar-refractivity contribution < 1.29 is 38.3 Å². The van der Waals surface area contributed by atoms with Crippen molar-refractivity contribution in [1.29, 1.82) is 0 Å². The predicted molar refractivity (Wildman–Crippen MR) is 147 cm³/mol. The third-order valence-corrected chi connectivity index (χ3v) is 5.60. The summed E-state index contributed by atoms with van der Waals surface area (Å²) in [7, 11) is 9.12. The number of amides is 1. The zero-order chi connectivity index (χ0) is 27.7. The highest BCUT2D eigenvalue weighted by Crippen LogP contribution is 2.40. The van der Waals surface area contributed by atoms with Gasteiger partial charge in [-0.25, -0.2) is 0 Å². The molecule has 0 atom stereocenters. The van der Waals surface area contributed by atoms with Crippen molar-refractivity contribution in [2.24, 2.45) is 0 Å². The molecule has 0 aliphatic rings. The third kappa shape index (κ3) is 6.31. The summed E-state index contributed by atoms with van der Waals surface area (Å²) in [5.41, 5.74) is 2.40. The summed E-state index contributed by atoms with van der Waals surface area (Å²) in [4.78, 5) is 12.8. The van der Waals surface area contributed by atoms with E-state index in [1.54, 1.807) is 77.0 Å². The quantitative estimate of drug-likeness (QED) is 0.260. The smallest absolute Gasteiger partial charge is 0.248 e. The lowest BCUT2D eigenvalue weighted by atomic mass is 10.1. The van der Waals surface area contributed by atoms with Crippen LogP contribution in [0.3, 0.4) is 0 Å². The molecule has 0 spiro atoms. The van der Waals surface area contributed by atoms with E-state index in [0.717, 1.165) is 11.1 Å². The van der Waals surface area contributed by atoms with Crippen LogP contribution in [0.2, 0.25) is 0 Å². The number of hydrogen-bond acceptors (Lipinski definition) is 8. The number of rotatable bonds is 11. The van der Waals surface area contributed by atoms with Crippen LogP contribution in [0, 0.1) is 0 Å². The van der Waals surface area contributed by atoms with Gasteiger partial charge in [-0.15, -0.1) is 0 Å². The van der Waals surface area contributed by atoms with Gasteiger partial charge in [-0.05, 0) is 53.6 Å². The Hall–Kier alpha value is -4.79. The van der Waals surface area contributed by atoms with E-state index in [1.165, 1.54) is 26.4 Å². The Balaban J connectivity index is 1.92. The number of anilines is 1. The molecule has 0 radical (unpaired) electrons. The molecule has 0 aromatic heterocycles. The number of carbonyl (C=O) groups excluding carboxylic acids is 1. The zero-order valence-electron chi connectivity index (χ0n) is 22.2. The molecule has 3 aromatic rings. The zero-order valence-corrected chi connectivity index (χ0v) is 22.2. The van der Waals surface area contributed by atoms with Crippen LogP contribution in [0.1, 0.15) is 16.7 Å². The van der Waals surface area contributed by atoms with Crippen LogP contribution in [0.5, 0.6) is 40.2 Å². The number of benzene rings is 3. The van der Waals surface area contributed by atoms with Gasteiger partial charge in [0.05, 0.1) is 48.3 Å². The van der Waals surface area contributed by atoms with Crippen molar-refractivity contribution in [3.63, 3.8) is 0 Å². The molecule has 200 valence electrons. The molecule has 0 heterocycles. The minimum Gasteiger partial charge on any atom is -0.504 e. The average molecular weight is 522 g/mol. The Morgan fingerprint density at radius 1 is 0.658 bits per heavy atom. The average Bonchev–Trinajstić information content (AvgIpc) is 2.94. The molecule has 0 aliphatic heterocycles. The largest absolute Gasteiger partial charge is 0.504 e. The van der Waals surface area contributed by atoms with Crippen LogP contribution in [0.4, 0.5) is 5.69 Å². The molecule has 38 heavy (non-hydrogen) atoms. The summed E-state index contributed by atoms with van der Waals surface area (Å²) in [6.45, 7) is 0. The van der Waals surface area contributed by atoms with E-state index in [-0.39, 0.29) is 11.5 Å². The number of aromatic hydroxyl groups is 1. The number of ether oxygens (including phenoxy) is 6. The molecule has 0 fully saturated rings. The summed E-state index contributed by atoms with van der Waals surface area (Å²) in [6.07, 6.45) is 6.59. The second-order valence-electron chi connectivity index (χ2n) is 7.81. The monoisotopic (exact) mass is 521 g/mol. The lowest BCUT2D eigenvalue weighted by Crippen LogP contribution is -2.10. The van der Waals surface area contributed by atoms with Crippen molar-refractivity contribution in [2.45, 2.75) is 0 Å². The number of phenolic OH excluding ortho intramolecular Hbond substituents is 1. The Bertz CT molecular complexity index is 1320. The molecule has 0 aliphatic carbocycles. The van der Waals surface area contributed by atoms with Gasteiger partial charge in [-0.2, -0.15) is 0 Å². The minimum atomic E-state index is -0.425. The summed E-state index contributed by atoms with van der Waals surface area (Å²) in [5.74, 6) is 2.21. The first-order valence-corrected chi connectivity index (χ1v) is 11.5. The first kappa shape index (κ1) is 27.8. The van der Waals surface area contributed by atoms with Gasteiger partial charge in [-0.1, -0.05) is 18.2 Å². The molecule has 2 N–H and O–H groups in total. The fourth-order valence-electron chi connectivity index (χ4n) is 3.74. The fourth-order valence-corrected chi connectivity index (χ4v) is 3.74. The lowest BCUT2D eigenvalue weighted by Gasteiger charge is -2.14. The van der Waals surface area contributed by atoms with Crippen molar-refractivity contribution >= 4 is 29.8 Å². The summed E-state index contributed by atoms with van der Waals surface area (Å²) >= 11 is 0. The van der Waals surface area contributed by atoms with Crippen molar-refractivity contribution in [3.8, 4) is 40.2 Å². The van der Waals surface area contributed by atoms with Crippen LogP contribution in [0.25, 0.3) is 18.2 Å². The molecule has 3 aromatic carbocycles. The minimum absolute atomic E-state index is 0.114. The van der Waals surface area contributed by atoms with Crippen LogP contribution in [-0.4, -0.2) is 53.7 Å². The van der Waals surface area contributed by atoms with E-state index >= 15 is 0 Å². The van der Waals surface area contributed by atoms with Crippen LogP contribution in [-0.2, 0) is 4.79 Å². The third-order valence-electron chi connectivity index (χ3n) is 5.60. The van der Waals surface area contributed by atoms with E-state index in [0.29, 0.717) is 40.0 Å². The van der Waals surface area contributed by atoms with Gasteiger partial charge in [-0.3, -0.25) is 4.79 Å². The number of carbonyl (C=O) groups is 1. The van der Waals surface area contributed by atoms with Crippen molar-refractivity contribution in [1.82, 2.24) is 0 Å². The summed E-state index contributed by atoms with van der Waals surface area (Å²) in [5, 5.41) is 13.1. The Labute approximate surface area is 221 Å². The molecule has 9 heteroatoms. The number of hydrogen-bond donors (Lipinski definition) is 2. The predicted octanol–water partition coefficient (Wildman–Crippen LogP) is 5.27. The van der Waals surface area contributed by atoms with Crippen LogP contribution < -0.4 is 33.7 Å². The van der Waals surface area contributed by atoms with E-state index in [1.807, 2.05) is 6.08 Å². The maximum Gasteiger partial charge on any atom is 0.248 e. The molecule has 0 saturated heterocycles. The van der Waals surface area contributed by atoms with Crippen LogP contribution in [0.15, 0.2) is 48.5 Å². The van der Waals surface area contributed by atoms with E-state index < -0.39 is 5.91 Å². The van der Waals surface area contributed by atoms with Gasteiger partial charge in [0.2, 0.25) is 11.7 Å². The highest BCUT2D eigenvalue weighted by molar-refractivity contribution is 6.04. The Morgan fingerprint density at radius 2 is 1.26 bits per heavy atom. The topological polar surface area (TPSA) is 105 Å². The normalized spacial score (nSPS) is 10.9. The van der Waals surface area contributed by atoms with E-state index in [4.69, 9.17) is 28.4 Å². The van der Waals surface area contributed by atoms with Gasteiger partial charge < -0.3 is 38.8 Å². The molecule has 0 saturated carbocycles. The maximum absolute atomic E-state index is 12.8. The number of nitrogens with one attached hydrogen (secondary N) is 1. The van der Waals surface area contributed by atoms with Gasteiger partial charge in [0.1, 0.15) is 0 Å². The van der Waals surface area contributed by atoms with Gasteiger partial charge in [0.15, 0.2) is 34.5 Å². The second kappa shape index (κ2) is 13.0. The van der Waals surface area contributed by atoms with E-state index in [9.17, 15) is 9.90 Å². The van der Waals surface area contributed by atoms with Crippen molar-refractivity contribution in [2.75, 3.05) is 48.0 Å². The van der Waals surface area contributed by atoms with Gasteiger partial charge >= 0.3 is 0 Å². The SMILES string of the molecule is COc1ccc(/C=C/C(=O)Nc2c(C=Cc3cc(OC)c(OC)c(OC)c3)ccc(O)c2OC)cc1OC. The summed E-state index contributed by atoms with van der Waals surface area (Å²) in [6, 6.07) is 12.0. The van der Waals surface area contributed by atoms with Gasteiger partial charge in [0, 0.05) is 11.6 Å². The second-order valence-corrected chi connectivity index (χ2v) is 7.81. The maximum atomic E-state index is 12.8. The Kier molecular flexibility index (Phi) is 9.48. The molecule has 9 nitrogen and oxygen atoms in total. The van der Waals surface area contributed by atoms with Gasteiger partial charge in [0.25, 0.3) is 0 Å². The standard InChI is InChI=1S/C29H31NO8/c1-33-22-13-8-18(15-23(22)34-2)9-14-26(32)30-27-20(11-12-21(31)28(27)37-5)10-7-19-16-24(35-3)29(38-6)25(17-19)36-4/h7-17,31H,1-6H3,(H,30,32)/b10-7?,14-9+. The molecule has 0 bridgehead atoms. The number of methoxy groups -OCH3 is 6. The molecule has 1 amide bonds. The number of phenols is 1. The summed E-state index contributed by atoms with van der Waals surface area (Å²) < 4.78 is 32.2.